The van der Waals surface area contributed by atoms with Crippen LogP contribution in [0.2, 0.25) is 0 Å². The van der Waals surface area contributed by atoms with E-state index in [1.54, 1.807) is 12.1 Å². The first-order chi connectivity index (χ1) is 5.77. The number of methoxy groups -OCH3 is 1. The maximum atomic E-state index is 12.1. The van der Waals surface area contributed by atoms with Crippen LogP contribution in [0, 0.1) is 0 Å². The average Bonchev–Trinajstić information content (AvgIpc) is 2.17. The Morgan fingerprint density at radius 1 is 1.62 bits per heavy atom. The quantitative estimate of drug-likeness (QED) is 0.815. The van der Waals surface area contributed by atoms with Crippen LogP contribution in [0.1, 0.15) is 11.6 Å². The van der Waals surface area contributed by atoms with Crippen molar-refractivity contribution in [3.8, 4) is 5.88 Å². The van der Waals surface area contributed by atoms with Crippen LogP contribution in [-0.2, 0) is 0 Å². The van der Waals surface area contributed by atoms with E-state index in [2.05, 4.69) is 4.98 Å². The molecule has 1 aromatic heterocycles. The molecule has 0 unspecified atom stereocenters. The lowest BCUT2D eigenvalue weighted by molar-refractivity contribution is 0.396. The first-order valence-corrected chi connectivity index (χ1v) is 3.59. The SMILES string of the molecule is COc1ccc([C@H](N)CF)cn1.Cl. The van der Waals surface area contributed by atoms with Gasteiger partial charge < -0.3 is 10.5 Å². The third-order valence-corrected chi connectivity index (χ3v) is 1.56. The molecular formula is C8H12ClFN2O. The summed E-state index contributed by atoms with van der Waals surface area (Å²) < 4.78 is 16.9. The minimum atomic E-state index is -0.580. The Morgan fingerprint density at radius 3 is 2.69 bits per heavy atom. The molecule has 0 radical (unpaired) electrons. The number of hydrogen-bond acceptors (Lipinski definition) is 3. The lowest BCUT2D eigenvalue weighted by Crippen LogP contribution is -2.12. The van der Waals surface area contributed by atoms with Crippen LogP contribution in [-0.4, -0.2) is 18.8 Å². The zero-order valence-corrected chi connectivity index (χ0v) is 8.05. The molecule has 1 atom stereocenters. The van der Waals surface area contributed by atoms with Gasteiger partial charge in [0.15, 0.2) is 0 Å². The van der Waals surface area contributed by atoms with Gasteiger partial charge in [0.05, 0.1) is 13.2 Å². The highest BCUT2D eigenvalue weighted by atomic mass is 35.5. The van der Waals surface area contributed by atoms with E-state index in [1.165, 1.54) is 13.3 Å². The van der Waals surface area contributed by atoms with Gasteiger partial charge in [-0.3, -0.25) is 0 Å². The smallest absolute Gasteiger partial charge is 0.212 e. The van der Waals surface area contributed by atoms with Crippen LogP contribution in [0.15, 0.2) is 18.3 Å². The molecule has 1 heterocycles. The van der Waals surface area contributed by atoms with Crippen molar-refractivity contribution in [3.63, 3.8) is 0 Å². The highest BCUT2D eigenvalue weighted by Crippen LogP contribution is 2.12. The van der Waals surface area contributed by atoms with E-state index in [4.69, 9.17) is 10.5 Å². The Kier molecular flexibility index (Phi) is 5.34. The molecule has 0 aliphatic rings. The predicted octanol–water partition coefficient (Wildman–Crippen LogP) is 1.48. The van der Waals surface area contributed by atoms with Gasteiger partial charge in [0.1, 0.15) is 6.67 Å². The maximum Gasteiger partial charge on any atom is 0.212 e. The van der Waals surface area contributed by atoms with Gasteiger partial charge in [-0.1, -0.05) is 6.07 Å². The Bertz CT molecular complexity index is 242. The summed E-state index contributed by atoms with van der Waals surface area (Å²) in [7, 11) is 1.52. The molecule has 0 saturated carbocycles. The summed E-state index contributed by atoms with van der Waals surface area (Å²) >= 11 is 0. The molecule has 13 heavy (non-hydrogen) atoms. The second-order valence-corrected chi connectivity index (χ2v) is 2.39. The largest absolute Gasteiger partial charge is 0.481 e. The summed E-state index contributed by atoms with van der Waals surface area (Å²) in [6, 6.07) is 2.78. The number of alkyl halides is 1. The van der Waals surface area contributed by atoms with Crippen LogP contribution in [0.25, 0.3) is 0 Å². The third-order valence-electron chi connectivity index (χ3n) is 1.56. The van der Waals surface area contributed by atoms with Crippen molar-refractivity contribution in [2.24, 2.45) is 5.73 Å². The Hall–Kier alpha value is -0.870. The molecule has 0 spiro atoms. The second-order valence-electron chi connectivity index (χ2n) is 2.39. The molecule has 5 heteroatoms. The van der Waals surface area contributed by atoms with Crippen LogP contribution in [0.5, 0.6) is 5.88 Å². The molecule has 0 aliphatic heterocycles. The van der Waals surface area contributed by atoms with Crippen LogP contribution in [0.4, 0.5) is 4.39 Å². The van der Waals surface area contributed by atoms with E-state index in [9.17, 15) is 4.39 Å². The molecule has 3 nitrogen and oxygen atoms in total. The van der Waals surface area contributed by atoms with Crippen LogP contribution in [0.3, 0.4) is 0 Å². The van der Waals surface area contributed by atoms with E-state index in [-0.39, 0.29) is 12.4 Å². The van der Waals surface area contributed by atoms with Gasteiger partial charge in [-0.25, -0.2) is 9.37 Å². The Balaban J connectivity index is 0.00000144. The number of rotatable bonds is 3. The van der Waals surface area contributed by atoms with Gasteiger partial charge in [-0.2, -0.15) is 0 Å². The minimum Gasteiger partial charge on any atom is -0.481 e. The highest BCUT2D eigenvalue weighted by molar-refractivity contribution is 5.85. The van der Waals surface area contributed by atoms with Crippen molar-refractivity contribution >= 4 is 12.4 Å². The fraction of sp³-hybridized carbons (Fsp3) is 0.375. The van der Waals surface area contributed by atoms with Crippen LogP contribution >= 0.6 is 12.4 Å². The van der Waals surface area contributed by atoms with Crippen molar-refractivity contribution in [3.05, 3.63) is 23.9 Å². The number of pyridine rings is 1. The molecule has 2 N–H and O–H groups in total. The van der Waals surface area contributed by atoms with Crippen molar-refractivity contribution in [1.29, 1.82) is 0 Å². The summed E-state index contributed by atoms with van der Waals surface area (Å²) in [5, 5.41) is 0. The second kappa shape index (κ2) is 5.72. The molecule has 1 aromatic rings. The molecule has 0 bridgehead atoms. The monoisotopic (exact) mass is 206 g/mol. The van der Waals surface area contributed by atoms with E-state index in [0.717, 1.165) is 0 Å². The highest BCUT2D eigenvalue weighted by Gasteiger charge is 2.04. The number of hydrogen-bond donors (Lipinski definition) is 1. The number of aromatic nitrogens is 1. The zero-order chi connectivity index (χ0) is 8.97. The summed E-state index contributed by atoms with van der Waals surface area (Å²) in [5.74, 6) is 0.504. The minimum absolute atomic E-state index is 0. The van der Waals surface area contributed by atoms with Crippen molar-refractivity contribution in [1.82, 2.24) is 4.98 Å². The molecule has 0 aromatic carbocycles. The Labute approximate surface area is 82.5 Å². The van der Waals surface area contributed by atoms with Gasteiger partial charge in [0, 0.05) is 12.3 Å². The van der Waals surface area contributed by atoms with Gasteiger partial charge in [0.25, 0.3) is 0 Å². The molecular weight excluding hydrogens is 195 g/mol. The van der Waals surface area contributed by atoms with E-state index >= 15 is 0 Å². The lowest BCUT2D eigenvalue weighted by Gasteiger charge is -2.06. The normalized spacial score (nSPS) is 11.6. The number of halogens is 2. The molecule has 74 valence electrons. The van der Waals surface area contributed by atoms with Crippen molar-refractivity contribution < 1.29 is 9.13 Å². The van der Waals surface area contributed by atoms with Gasteiger partial charge in [-0.05, 0) is 5.56 Å². The van der Waals surface area contributed by atoms with Gasteiger partial charge in [0.2, 0.25) is 5.88 Å². The van der Waals surface area contributed by atoms with E-state index in [0.29, 0.717) is 11.4 Å². The fourth-order valence-corrected chi connectivity index (χ4v) is 0.821. The molecule has 0 aliphatic carbocycles. The molecule has 0 saturated heterocycles. The fourth-order valence-electron chi connectivity index (χ4n) is 0.821. The summed E-state index contributed by atoms with van der Waals surface area (Å²) in [6.45, 7) is -0.575. The average molecular weight is 207 g/mol. The lowest BCUT2D eigenvalue weighted by atomic mass is 10.1. The van der Waals surface area contributed by atoms with Crippen molar-refractivity contribution in [2.75, 3.05) is 13.8 Å². The maximum absolute atomic E-state index is 12.1. The standard InChI is InChI=1S/C8H11FN2O.ClH/c1-12-8-3-2-6(5-11-8)7(10)4-9;/h2-3,5,7H,4,10H2,1H3;1H/t7-;/m1./s1. The van der Waals surface area contributed by atoms with Gasteiger partial charge >= 0.3 is 0 Å². The van der Waals surface area contributed by atoms with Crippen LogP contribution < -0.4 is 10.5 Å². The van der Waals surface area contributed by atoms with Crippen molar-refractivity contribution in [2.45, 2.75) is 6.04 Å². The molecule has 0 fully saturated rings. The third kappa shape index (κ3) is 3.16. The number of nitrogens with zero attached hydrogens (tertiary/aromatic N) is 1. The topological polar surface area (TPSA) is 48.1 Å². The zero-order valence-electron chi connectivity index (χ0n) is 7.24. The summed E-state index contributed by atoms with van der Waals surface area (Å²) in [5.41, 5.74) is 6.11. The number of nitrogens with two attached hydrogens (primary N) is 1. The van der Waals surface area contributed by atoms with Gasteiger partial charge in [-0.15, -0.1) is 12.4 Å². The first-order valence-electron chi connectivity index (χ1n) is 3.59. The Morgan fingerprint density at radius 2 is 2.31 bits per heavy atom. The van der Waals surface area contributed by atoms with E-state index < -0.39 is 12.7 Å². The summed E-state index contributed by atoms with van der Waals surface area (Å²) in [4.78, 5) is 3.90. The number of ether oxygens (including phenoxy) is 1. The van der Waals surface area contributed by atoms with E-state index in [1.807, 2.05) is 0 Å². The summed E-state index contributed by atoms with van der Waals surface area (Å²) in [6.07, 6.45) is 1.52. The first kappa shape index (κ1) is 12.1. The predicted molar refractivity (Wildman–Crippen MR) is 50.9 cm³/mol. The molecule has 0 amide bonds. The molecule has 1 rings (SSSR count).